The number of nitrogens with one attached hydrogen (secondary N) is 2. The van der Waals surface area contributed by atoms with Crippen LogP contribution in [-0.4, -0.2) is 45.1 Å². The summed E-state index contributed by atoms with van der Waals surface area (Å²) in [5, 5.41) is 11.7. The molecule has 2 heterocycles. The Bertz CT molecular complexity index is 965. The molecule has 30 heavy (non-hydrogen) atoms. The predicted molar refractivity (Wildman–Crippen MR) is 115 cm³/mol. The smallest absolute Gasteiger partial charge is 0.231 e. The van der Waals surface area contributed by atoms with E-state index in [9.17, 15) is 8.42 Å². The first-order valence-corrected chi connectivity index (χ1v) is 12.0. The Hall–Kier alpha value is -2.36. The fraction of sp³-hybridized carbons (Fsp3) is 0.476. The highest BCUT2D eigenvalue weighted by Gasteiger charge is 2.26. The van der Waals surface area contributed by atoms with Crippen LogP contribution in [0.15, 0.2) is 36.5 Å². The lowest BCUT2D eigenvalue weighted by atomic mass is 9.99. The number of para-hydroxylation sites is 1. The van der Waals surface area contributed by atoms with Gasteiger partial charge in [0.15, 0.2) is 11.5 Å². The summed E-state index contributed by atoms with van der Waals surface area (Å²) in [5.74, 6) is 2.76. The van der Waals surface area contributed by atoms with Crippen LogP contribution in [0.4, 0.5) is 5.82 Å². The summed E-state index contributed by atoms with van der Waals surface area (Å²) in [6.45, 7) is 1.46. The van der Waals surface area contributed by atoms with Gasteiger partial charge in [0.1, 0.15) is 5.82 Å². The number of anilines is 1. The van der Waals surface area contributed by atoms with Gasteiger partial charge in [0.2, 0.25) is 16.8 Å². The van der Waals surface area contributed by atoms with Gasteiger partial charge in [-0.2, -0.15) is 0 Å². The van der Waals surface area contributed by atoms with Crippen LogP contribution in [0.25, 0.3) is 0 Å². The van der Waals surface area contributed by atoms with E-state index in [0.29, 0.717) is 24.6 Å². The number of ether oxygens (including phenoxy) is 2. The van der Waals surface area contributed by atoms with Crippen LogP contribution in [-0.2, 0) is 16.4 Å². The molecule has 0 saturated heterocycles. The molecule has 2 atom stereocenters. The van der Waals surface area contributed by atoms with Crippen molar-refractivity contribution in [2.24, 2.45) is 5.14 Å². The number of sulfonamides is 1. The molecule has 1 aromatic heterocycles. The summed E-state index contributed by atoms with van der Waals surface area (Å²) in [6.07, 6.45) is 6.16. The van der Waals surface area contributed by atoms with Crippen LogP contribution in [0.3, 0.4) is 0 Å². The Morgan fingerprint density at radius 1 is 1.13 bits per heavy atom. The molecule has 1 aliphatic heterocycles. The van der Waals surface area contributed by atoms with Gasteiger partial charge < -0.3 is 20.1 Å². The minimum atomic E-state index is -3.46. The SMILES string of the molecule is NS(=O)(=O)CCNc1ccc([C@@H]2CC[C@H](NCCc3cccc4c3OCO4)C2)cn1. The van der Waals surface area contributed by atoms with Crippen molar-refractivity contribution in [1.29, 1.82) is 0 Å². The van der Waals surface area contributed by atoms with Gasteiger partial charge in [0.05, 0.1) is 5.75 Å². The Labute approximate surface area is 177 Å². The van der Waals surface area contributed by atoms with Crippen molar-refractivity contribution in [3.8, 4) is 11.5 Å². The van der Waals surface area contributed by atoms with E-state index >= 15 is 0 Å². The Morgan fingerprint density at radius 2 is 2.03 bits per heavy atom. The van der Waals surface area contributed by atoms with Gasteiger partial charge in [-0.25, -0.2) is 18.5 Å². The third kappa shape index (κ3) is 5.41. The molecular formula is C21H28N4O4S. The van der Waals surface area contributed by atoms with Gasteiger partial charge in [0, 0.05) is 18.8 Å². The number of nitrogens with zero attached hydrogens (tertiary/aromatic N) is 1. The molecule has 0 unspecified atom stereocenters. The topological polar surface area (TPSA) is 116 Å². The fourth-order valence-electron chi connectivity index (χ4n) is 4.14. The van der Waals surface area contributed by atoms with Crippen LogP contribution in [0.2, 0.25) is 0 Å². The first-order valence-electron chi connectivity index (χ1n) is 10.3. The van der Waals surface area contributed by atoms with Crippen molar-refractivity contribution >= 4 is 15.8 Å². The number of primary sulfonamides is 1. The number of pyridine rings is 1. The lowest BCUT2D eigenvalue weighted by molar-refractivity contribution is 0.173. The van der Waals surface area contributed by atoms with E-state index in [4.69, 9.17) is 14.6 Å². The standard InChI is InChI=1S/C21H28N4O4S/c22-30(26,27)11-10-24-20-7-5-17(13-25-20)16-4-6-18(12-16)23-9-8-15-2-1-3-19-21(15)29-14-28-19/h1-3,5,7,13,16,18,23H,4,6,8-12,14H2,(H,24,25)(H2,22,26,27)/t16-,18+/m1/s1. The monoisotopic (exact) mass is 432 g/mol. The minimum Gasteiger partial charge on any atom is -0.454 e. The summed E-state index contributed by atoms with van der Waals surface area (Å²) in [7, 11) is -3.46. The molecule has 0 radical (unpaired) electrons. The zero-order chi connectivity index (χ0) is 21.0. The largest absolute Gasteiger partial charge is 0.454 e. The first-order chi connectivity index (χ1) is 14.5. The summed E-state index contributed by atoms with van der Waals surface area (Å²) in [5.41, 5.74) is 2.41. The molecule has 4 N–H and O–H groups in total. The van der Waals surface area contributed by atoms with Gasteiger partial charge in [-0.15, -0.1) is 0 Å². The van der Waals surface area contributed by atoms with Crippen LogP contribution in [0, 0.1) is 0 Å². The van der Waals surface area contributed by atoms with Gasteiger partial charge in [-0.05, 0) is 61.4 Å². The van der Waals surface area contributed by atoms with E-state index in [1.165, 1.54) is 11.1 Å². The average Bonchev–Trinajstić information content (AvgIpc) is 3.37. The fourth-order valence-corrected chi connectivity index (χ4v) is 4.53. The maximum absolute atomic E-state index is 11.0. The predicted octanol–water partition coefficient (Wildman–Crippen LogP) is 1.98. The lowest BCUT2D eigenvalue weighted by Crippen LogP contribution is -2.28. The zero-order valence-corrected chi connectivity index (χ0v) is 17.7. The molecule has 0 amide bonds. The number of hydrogen-bond acceptors (Lipinski definition) is 7. The van der Waals surface area contributed by atoms with E-state index < -0.39 is 10.0 Å². The molecule has 162 valence electrons. The number of benzene rings is 1. The highest BCUT2D eigenvalue weighted by atomic mass is 32.2. The molecule has 2 aromatic rings. The Kier molecular flexibility index (Phi) is 6.40. The molecule has 1 saturated carbocycles. The summed E-state index contributed by atoms with van der Waals surface area (Å²) < 4.78 is 33.0. The molecule has 0 bridgehead atoms. The van der Waals surface area contributed by atoms with Crippen molar-refractivity contribution in [3.63, 3.8) is 0 Å². The minimum absolute atomic E-state index is 0.114. The first kappa shape index (κ1) is 20.9. The molecule has 1 aliphatic carbocycles. The summed E-state index contributed by atoms with van der Waals surface area (Å²) >= 11 is 0. The van der Waals surface area contributed by atoms with Crippen LogP contribution in [0.5, 0.6) is 11.5 Å². The van der Waals surface area contributed by atoms with Crippen molar-refractivity contribution < 1.29 is 17.9 Å². The number of aromatic nitrogens is 1. The van der Waals surface area contributed by atoms with E-state index in [0.717, 1.165) is 43.7 Å². The van der Waals surface area contributed by atoms with E-state index in [1.54, 1.807) is 0 Å². The second kappa shape index (κ2) is 9.20. The number of nitrogens with two attached hydrogens (primary N) is 1. The lowest BCUT2D eigenvalue weighted by Gasteiger charge is -2.14. The quantitative estimate of drug-likeness (QED) is 0.555. The van der Waals surface area contributed by atoms with Crippen molar-refractivity contribution in [2.75, 3.05) is 31.0 Å². The Balaban J connectivity index is 1.22. The maximum atomic E-state index is 11.0. The highest BCUT2D eigenvalue weighted by molar-refractivity contribution is 7.89. The third-order valence-corrected chi connectivity index (χ3v) is 6.46. The van der Waals surface area contributed by atoms with Gasteiger partial charge in [-0.3, -0.25) is 0 Å². The van der Waals surface area contributed by atoms with Crippen LogP contribution >= 0.6 is 0 Å². The highest BCUT2D eigenvalue weighted by Crippen LogP contribution is 2.36. The van der Waals surface area contributed by atoms with Gasteiger partial charge in [0.25, 0.3) is 0 Å². The molecule has 4 rings (SSSR count). The van der Waals surface area contributed by atoms with Gasteiger partial charge in [-0.1, -0.05) is 18.2 Å². The zero-order valence-electron chi connectivity index (χ0n) is 16.8. The van der Waals surface area contributed by atoms with E-state index in [1.807, 2.05) is 24.4 Å². The second-order valence-electron chi connectivity index (χ2n) is 7.83. The van der Waals surface area contributed by atoms with Gasteiger partial charge >= 0.3 is 0 Å². The summed E-state index contributed by atoms with van der Waals surface area (Å²) in [6, 6.07) is 10.5. The molecule has 0 spiro atoms. The second-order valence-corrected chi connectivity index (χ2v) is 9.57. The number of fused-ring (bicyclic) bond motifs is 1. The average molecular weight is 433 g/mol. The molecule has 2 aliphatic rings. The van der Waals surface area contributed by atoms with E-state index in [2.05, 4.69) is 27.8 Å². The normalized spacial score (nSPS) is 20.4. The van der Waals surface area contributed by atoms with Crippen LogP contribution < -0.4 is 25.2 Å². The Morgan fingerprint density at radius 3 is 2.83 bits per heavy atom. The maximum Gasteiger partial charge on any atom is 0.231 e. The van der Waals surface area contributed by atoms with E-state index in [-0.39, 0.29) is 12.3 Å². The summed E-state index contributed by atoms with van der Waals surface area (Å²) in [4.78, 5) is 4.41. The molecule has 1 aromatic carbocycles. The molecule has 9 heteroatoms. The molecular weight excluding hydrogens is 404 g/mol. The van der Waals surface area contributed by atoms with Crippen molar-refractivity contribution in [1.82, 2.24) is 10.3 Å². The van der Waals surface area contributed by atoms with Crippen LogP contribution in [0.1, 0.15) is 36.3 Å². The molecule has 8 nitrogen and oxygen atoms in total. The van der Waals surface area contributed by atoms with Crippen molar-refractivity contribution in [2.45, 2.75) is 37.6 Å². The number of hydrogen-bond donors (Lipinski definition) is 3. The molecule has 1 fully saturated rings. The third-order valence-electron chi connectivity index (χ3n) is 5.69. The van der Waals surface area contributed by atoms with Crippen molar-refractivity contribution in [3.05, 3.63) is 47.7 Å². The number of rotatable bonds is 9.